The smallest absolute Gasteiger partial charge is 0.231 e. The number of hydrogen-bond acceptors (Lipinski definition) is 4. The van der Waals surface area contributed by atoms with E-state index in [9.17, 15) is 0 Å². The second-order valence-corrected chi connectivity index (χ2v) is 3.92. The summed E-state index contributed by atoms with van der Waals surface area (Å²) in [5.74, 6) is 1.47. The Hall–Kier alpha value is -0.780. The highest BCUT2D eigenvalue weighted by atomic mass is 79.9. The van der Waals surface area contributed by atoms with E-state index in [1.165, 1.54) is 0 Å². The molecule has 2 rings (SSSR count). The van der Waals surface area contributed by atoms with E-state index < -0.39 is 0 Å². The number of rotatable bonds is 2. The first-order valence-electron chi connectivity index (χ1n) is 4.27. The van der Waals surface area contributed by atoms with Crippen LogP contribution in [0.5, 0.6) is 11.5 Å². The molecule has 14 heavy (non-hydrogen) atoms. The molecule has 1 aliphatic rings. The van der Waals surface area contributed by atoms with Crippen LogP contribution in [-0.2, 0) is 0 Å². The van der Waals surface area contributed by atoms with E-state index in [-0.39, 0.29) is 12.8 Å². The van der Waals surface area contributed by atoms with E-state index in [4.69, 9.17) is 20.9 Å². The molecule has 5 heteroatoms. The predicted octanol–water partition coefficient (Wildman–Crippen LogP) is 1.14. The minimum Gasteiger partial charge on any atom is -0.454 e. The predicted molar refractivity (Wildman–Crippen MR) is 56.2 cm³/mol. The maximum absolute atomic E-state index is 5.84. The Bertz CT molecular complexity index is 357. The summed E-state index contributed by atoms with van der Waals surface area (Å²) in [6.07, 6.45) is 0. The lowest BCUT2D eigenvalue weighted by atomic mass is 10.1. The topological polar surface area (TPSA) is 70.5 Å². The molecule has 0 spiro atoms. The van der Waals surface area contributed by atoms with Crippen molar-refractivity contribution in [3.63, 3.8) is 0 Å². The van der Waals surface area contributed by atoms with E-state index >= 15 is 0 Å². The number of benzene rings is 1. The molecule has 4 nitrogen and oxygen atoms in total. The van der Waals surface area contributed by atoms with Crippen LogP contribution in [0.3, 0.4) is 0 Å². The fourth-order valence-corrected chi connectivity index (χ4v) is 1.96. The molecule has 0 aliphatic carbocycles. The van der Waals surface area contributed by atoms with E-state index in [1.807, 2.05) is 12.1 Å². The molecule has 0 fully saturated rings. The first-order valence-corrected chi connectivity index (χ1v) is 5.06. The van der Waals surface area contributed by atoms with E-state index in [0.717, 1.165) is 21.5 Å². The second kappa shape index (κ2) is 3.76. The molecule has 0 bridgehead atoms. The van der Waals surface area contributed by atoms with E-state index in [1.54, 1.807) is 0 Å². The highest BCUT2D eigenvalue weighted by Gasteiger charge is 2.18. The standard InChI is InChI=1S/C9H11BrN2O2/c10-6-2-9-8(13-4-14-9)1-5(6)7(12)3-11/h1-2,7H,3-4,11-12H2/t7-/m1/s1. The zero-order chi connectivity index (χ0) is 10.1. The Balaban J connectivity index is 2.42. The summed E-state index contributed by atoms with van der Waals surface area (Å²) >= 11 is 3.42. The van der Waals surface area contributed by atoms with Gasteiger partial charge in [-0.05, 0) is 17.7 Å². The highest BCUT2D eigenvalue weighted by molar-refractivity contribution is 9.10. The minimum absolute atomic E-state index is 0.182. The van der Waals surface area contributed by atoms with Crippen LogP contribution in [-0.4, -0.2) is 13.3 Å². The molecule has 1 aromatic carbocycles. The fourth-order valence-electron chi connectivity index (χ4n) is 1.34. The molecule has 0 aromatic heterocycles. The van der Waals surface area contributed by atoms with Crippen LogP contribution < -0.4 is 20.9 Å². The largest absolute Gasteiger partial charge is 0.454 e. The summed E-state index contributed by atoms with van der Waals surface area (Å²) in [6.45, 7) is 0.668. The Morgan fingerprint density at radius 1 is 1.36 bits per heavy atom. The molecule has 4 N–H and O–H groups in total. The van der Waals surface area contributed by atoms with Crippen molar-refractivity contribution in [2.75, 3.05) is 13.3 Å². The van der Waals surface area contributed by atoms with Crippen molar-refractivity contribution >= 4 is 15.9 Å². The lowest BCUT2D eigenvalue weighted by Gasteiger charge is -2.12. The molecule has 1 atom stereocenters. The van der Waals surface area contributed by atoms with Gasteiger partial charge in [-0.3, -0.25) is 0 Å². The Labute approximate surface area is 90.3 Å². The fraction of sp³-hybridized carbons (Fsp3) is 0.333. The summed E-state index contributed by atoms with van der Waals surface area (Å²) in [4.78, 5) is 0. The summed E-state index contributed by atoms with van der Waals surface area (Å²) in [5, 5.41) is 0. The van der Waals surface area contributed by atoms with Crippen LogP contribution in [0.4, 0.5) is 0 Å². The van der Waals surface area contributed by atoms with E-state index in [0.29, 0.717) is 6.54 Å². The Kier molecular flexibility index (Phi) is 2.62. The van der Waals surface area contributed by atoms with Crippen LogP contribution in [0.25, 0.3) is 0 Å². The minimum atomic E-state index is -0.182. The van der Waals surface area contributed by atoms with Crippen molar-refractivity contribution in [2.45, 2.75) is 6.04 Å². The van der Waals surface area contributed by atoms with Gasteiger partial charge in [0, 0.05) is 17.1 Å². The number of fused-ring (bicyclic) bond motifs is 1. The molecular formula is C9H11BrN2O2. The Morgan fingerprint density at radius 2 is 2.00 bits per heavy atom. The van der Waals surface area contributed by atoms with Crippen LogP contribution >= 0.6 is 15.9 Å². The third-order valence-electron chi connectivity index (χ3n) is 2.15. The highest BCUT2D eigenvalue weighted by Crippen LogP contribution is 2.38. The first kappa shape index (κ1) is 9.76. The van der Waals surface area contributed by atoms with Gasteiger partial charge in [0.25, 0.3) is 0 Å². The molecule has 1 aromatic rings. The SMILES string of the molecule is NC[C@@H](N)c1cc2c(cc1Br)OCO2. The number of hydrogen-bond donors (Lipinski definition) is 2. The van der Waals surface area contributed by atoms with Gasteiger partial charge in [0.1, 0.15) is 0 Å². The first-order chi connectivity index (χ1) is 6.72. The molecule has 1 heterocycles. The third kappa shape index (κ3) is 1.58. The molecule has 1 aliphatic heterocycles. The molecule has 0 amide bonds. The third-order valence-corrected chi connectivity index (χ3v) is 2.83. The van der Waals surface area contributed by atoms with Crippen LogP contribution in [0.15, 0.2) is 16.6 Å². The van der Waals surface area contributed by atoms with Gasteiger partial charge in [0.2, 0.25) is 6.79 Å². The Morgan fingerprint density at radius 3 is 2.64 bits per heavy atom. The van der Waals surface area contributed by atoms with Gasteiger partial charge in [0.05, 0.1) is 0 Å². The summed E-state index contributed by atoms with van der Waals surface area (Å²) in [7, 11) is 0. The second-order valence-electron chi connectivity index (χ2n) is 3.07. The van der Waals surface area contributed by atoms with Gasteiger partial charge in [-0.2, -0.15) is 0 Å². The van der Waals surface area contributed by atoms with Gasteiger partial charge >= 0.3 is 0 Å². The maximum atomic E-state index is 5.84. The number of halogens is 1. The monoisotopic (exact) mass is 258 g/mol. The average molecular weight is 259 g/mol. The van der Waals surface area contributed by atoms with Crippen LogP contribution in [0.2, 0.25) is 0 Å². The van der Waals surface area contributed by atoms with Crippen molar-refractivity contribution in [3.05, 3.63) is 22.2 Å². The number of ether oxygens (including phenoxy) is 2. The summed E-state index contributed by atoms with van der Waals surface area (Å²) < 4.78 is 11.4. The lowest BCUT2D eigenvalue weighted by Crippen LogP contribution is -2.21. The van der Waals surface area contributed by atoms with Gasteiger partial charge in [-0.15, -0.1) is 0 Å². The van der Waals surface area contributed by atoms with Crippen LogP contribution in [0.1, 0.15) is 11.6 Å². The zero-order valence-electron chi connectivity index (χ0n) is 7.50. The van der Waals surface area contributed by atoms with Crippen LogP contribution in [0, 0.1) is 0 Å². The van der Waals surface area contributed by atoms with Gasteiger partial charge in [0.15, 0.2) is 11.5 Å². The summed E-state index contributed by atoms with van der Waals surface area (Å²) in [6, 6.07) is 3.54. The molecular weight excluding hydrogens is 248 g/mol. The quantitative estimate of drug-likeness (QED) is 0.835. The van der Waals surface area contributed by atoms with Crippen molar-refractivity contribution in [3.8, 4) is 11.5 Å². The zero-order valence-corrected chi connectivity index (χ0v) is 9.08. The van der Waals surface area contributed by atoms with Gasteiger partial charge in [-0.25, -0.2) is 0 Å². The van der Waals surface area contributed by atoms with E-state index in [2.05, 4.69) is 15.9 Å². The van der Waals surface area contributed by atoms with Crippen molar-refractivity contribution in [1.82, 2.24) is 0 Å². The van der Waals surface area contributed by atoms with Gasteiger partial charge in [-0.1, -0.05) is 15.9 Å². The van der Waals surface area contributed by atoms with Crippen molar-refractivity contribution in [2.24, 2.45) is 11.5 Å². The molecule has 0 radical (unpaired) electrons. The lowest BCUT2D eigenvalue weighted by molar-refractivity contribution is 0.174. The van der Waals surface area contributed by atoms with Crippen molar-refractivity contribution in [1.29, 1.82) is 0 Å². The van der Waals surface area contributed by atoms with Crippen molar-refractivity contribution < 1.29 is 9.47 Å². The summed E-state index contributed by atoms with van der Waals surface area (Å²) in [5.41, 5.74) is 12.3. The molecule has 0 unspecified atom stereocenters. The molecule has 76 valence electrons. The number of nitrogens with two attached hydrogens (primary N) is 2. The molecule has 0 saturated carbocycles. The maximum Gasteiger partial charge on any atom is 0.231 e. The molecule has 0 saturated heterocycles. The van der Waals surface area contributed by atoms with Gasteiger partial charge < -0.3 is 20.9 Å². The average Bonchev–Trinajstić information content (AvgIpc) is 2.62. The normalized spacial score (nSPS) is 15.6.